The lowest BCUT2D eigenvalue weighted by Gasteiger charge is -2.33. The van der Waals surface area contributed by atoms with Crippen molar-refractivity contribution in [3.05, 3.63) is 38.5 Å². The summed E-state index contributed by atoms with van der Waals surface area (Å²) in [5, 5.41) is 17.0. The van der Waals surface area contributed by atoms with Crippen LogP contribution in [-0.2, 0) is 4.79 Å². The molecule has 0 aromatic carbocycles. The first kappa shape index (κ1) is 14.8. The van der Waals surface area contributed by atoms with Crippen molar-refractivity contribution in [2.75, 3.05) is 0 Å². The molecule has 122 valence electrons. The van der Waals surface area contributed by atoms with E-state index in [1.54, 1.807) is 11.8 Å². The van der Waals surface area contributed by atoms with Crippen LogP contribution < -0.4 is 10.6 Å². The molecule has 0 radical (unpaired) electrons. The van der Waals surface area contributed by atoms with Gasteiger partial charge in [0.2, 0.25) is 5.91 Å². The van der Waals surface area contributed by atoms with Crippen molar-refractivity contribution in [2.24, 2.45) is 11.8 Å². The fourth-order valence-corrected chi connectivity index (χ4v) is 5.26. The number of thioether (sulfide) groups is 1. The molecular formula is C15H17N3O4S. The standard InChI is InChI=1S/C15H17N3O4S/c1-7-2-3-8-10(6-7)23-15-12(8)14(19)16-13(17-15)9-4-5-11(22-9)18(20)21/h4-5,7,12-13,15,17H,2-3,6H2,1H3,(H,16,19). The van der Waals surface area contributed by atoms with Gasteiger partial charge in [-0.3, -0.25) is 20.2 Å². The Morgan fingerprint density at radius 1 is 1.43 bits per heavy atom. The Bertz CT molecular complexity index is 713. The third-order valence-electron chi connectivity index (χ3n) is 4.72. The molecule has 1 aliphatic carbocycles. The molecule has 0 spiro atoms. The fraction of sp³-hybridized carbons (Fsp3) is 0.533. The average molecular weight is 335 g/mol. The van der Waals surface area contributed by atoms with Crippen molar-refractivity contribution >= 4 is 23.6 Å². The van der Waals surface area contributed by atoms with E-state index in [0.717, 1.165) is 19.3 Å². The minimum atomic E-state index is -0.580. The molecule has 7 nitrogen and oxygen atoms in total. The molecule has 4 rings (SSSR count). The summed E-state index contributed by atoms with van der Waals surface area (Å²) in [7, 11) is 0. The van der Waals surface area contributed by atoms with Gasteiger partial charge in [-0.2, -0.15) is 0 Å². The first-order chi connectivity index (χ1) is 11.0. The molecule has 2 aliphatic heterocycles. The van der Waals surface area contributed by atoms with Crippen molar-refractivity contribution in [1.29, 1.82) is 0 Å². The summed E-state index contributed by atoms with van der Waals surface area (Å²) in [4.78, 5) is 24.1. The summed E-state index contributed by atoms with van der Waals surface area (Å²) in [6.45, 7) is 2.24. The summed E-state index contributed by atoms with van der Waals surface area (Å²) in [5.41, 5.74) is 1.27. The predicted octanol–water partition coefficient (Wildman–Crippen LogP) is 2.67. The van der Waals surface area contributed by atoms with Crippen molar-refractivity contribution < 1.29 is 14.1 Å². The van der Waals surface area contributed by atoms with Crippen LogP contribution >= 0.6 is 11.8 Å². The number of hydrogen-bond acceptors (Lipinski definition) is 6. The van der Waals surface area contributed by atoms with Crippen LogP contribution in [-0.4, -0.2) is 16.2 Å². The Balaban J connectivity index is 1.55. The minimum absolute atomic E-state index is 0.0202. The lowest BCUT2D eigenvalue weighted by atomic mass is 9.83. The summed E-state index contributed by atoms with van der Waals surface area (Å²) in [6.07, 6.45) is 2.63. The van der Waals surface area contributed by atoms with Crippen molar-refractivity contribution in [3.63, 3.8) is 0 Å². The smallest absolute Gasteiger partial charge is 0.402 e. The SMILES string of the molecule is CC1CCC2=C(C1)SC1NC(c3ccc([N+](=O)[O-])o3)NC(=O)C21. The molecule has 3 aliphatic rings. The van der Waals surface area contributed by atoms with E-state index in [1.807, 2.05) is 0 Å². The molecule has 1 saturated heterocycles. The second-order valence-corrected chi connectivity index (χ2v) is 7.59. The molecule has 0 bridgehead atoms. The lowest BCUT2D eigenvalue weighted by Crippen LogP contribution is -2.54. The van der Waals surface area contributed by atoms with Gasteiger partial charge in [-0.05, 0) is 41.7 Å². The first-order valence-electron chi connectivity index (χ1n) is 7.72. The monoisotopic (exact) mass is 335 g/mol. The molecule has 4 atom stereocenters. The molecule has 1 aromatic rings. The molecular weight excluding hydrogens is 318 g/mol. The molecule has 3 heterocycles. The third kappa shape index (κ3) is 2.46. The van der Waals surface area contributed by atoms with Crippen molar-refractivity contribution in [3.8, 4) is 0 Å². The molecule has 8 heteroatoms. The number of hydrogen-bond donors (Lipinski definition) is 2. The number of carbonyl (C=O) groups excluding carboxylic acids is 1. The molecule has 1 aromatic heterocycles. The van der Waals surface area contributed by atoms with Crippen LogP contribution in [0.15, 0.2) is 27.0 Å². The number of carbonyl (C=O) groups is 1. The highest BCUT2D eigenvalue weighted by Crippen LogP contribution is 2.50. The van der Waals surface area contributed by atoms with Crippen molar-refractivity contribution in [2.45, 2.75) is 37.7 Å². The highest BCUT2D eigenvalue weighted by Gasteiger charge is 2.46. The summed E-state index contributed by atoms with van der Waals surface area (Å²) in [6, 6.07) is 2.84. The maximum Gasteiger partial charge on any atom is 0.433 e. The zero-order valence-corrected chi connectivity index (χ0v) is 13.4. The van der Waals surface area contributed by atoms with Gasteiger partial charge < -0.3 is 9.73 Å². The Labute approximate surface area is 137 Å². The van der Waals surface area contributed by atoms with Crippen LogP contribution in [0.2, 0.25) is 0 Å². The van der Waals surface area contributed by atoms with Crippen LogP contribution in [0.4, 0.5) is 5.88 Å². The number of amides is 1. The Morgan fingerprint density at radius 2 is 2.26 bits per heavy atom. The maximum atomic E-state index is 12.6. The lowest BCUT2D eigenvalue weighted by molar-refractivity contribution is -0.402. The number of fused-ring (bicyclic) bond motifs is 2. The average Bonchev–Trinajstić information content (AvgIpc) is 3.10. The van der Waals surface area contributed by atoms with Crippen LogP contribution in [0.1, 0.15) is 38.1 Å². The zero-order valence-electron chi connectivity index (χ0n) is 12.6. The highest BCUT2D eigenvalue weighted by molar-refractivity contribution is 8.04. The van der Waals surface area contributed by atoms with Gasteiger partial charge >= 0.3 is 5.88 Å². The van der Waals surface area contributed by atoms with Gasteiger partial charge in [0, 0.05) is 0 Å². The topological polar surface area (TPSA) is 97.4 Å². The Hall–Kier alpha value is -1.80. The maximum absolute atomic E-state index is 12.6. The fourth-order valence-electron chi connectivity index (χ4n) is 3.56. The number of nitrogens with one attached hydrogen (secondary N) is 2. The van der Waals surface area contributed by atoms with Crippen LogP contribution in [0.3, 0.4) is 0 Å². The van der Waals surface area contributed by atoms with E-state index in [-0.39, 0.29) is 23.1 Å². The number of allylic oxidation sites excluding steroid dienone is 1. The van der Waals surface area contributed by atoms with E-state index in [2.05, 4.69) is 17.6 Å². The minimum Gasteiger partial charge on any atom is -0.402 e. The highest BCUT2D eigenvalue weighted by atomic mass is 32.2. The van der Waals surface area contributed by atoms with E-state index in [9.17, 15) is 14.9 Å². The number of nitrogens with zero attached hydrogens (tertiary/aromatic N) is 1. The van der Waals surface area contributed by atoms with E-state index in [0.29, 0.717) is 11.7 Å². The molecule has 1 amide bonds. The number of furan rings is 1. The number of rotatable bonds is 2. The van der Waals surface area contributed by atoms with Gasteiger partial charge in [-0.1, -0.05) is 6.92 Å². The van der Waals surface area contributed by atoms with Gasteiger partial charge in [-0.15, -0.1) is 11.8 Å². The van der Waals surface area contributed by atoms with Gasteiger partial charge in [-0.25, -0.2) is 0 Å². The van der Waals surface area contributed by atoms with Crippen LogP contribution in [0.25, 0.3) is 0 Å². The summed E-state index contributed by atoms with van der Waals surface area (Å²) >= 11 is 1.73. The summed E-state index contributed by atoms with van der Waals surface area (Å²) < 4.78 is 5.22. The first-order valence-corrected chi connectivity index (χ1v) is 8.60. The van der Waals surface area contributed by atoms with E-state index in [4.69, 9.17) is 4.42 Å². The van der Waals surface area contributed by atoms with Crippen LogP contribution in [0, 0.1) is 22.0 Å². The molecule has 0 saturated carbocycles. The zero-order chi connectivity index (χ0) is 16.1. The second kappa shape index (κ2) is 5.38. The van der Waals surface area contributed by atoms with Gasteiger partial charge in [0.1, 0.15) is 16.8 Å². The molecule has 2 N–H and O–H groups in total. The molecule has 4 unspecified atom stereocenters. The number of nitro groups is 1. The van der Waals surface area contributed by atoms with Crippen molar-refractivity contribution in [1.82, 2.24) is 10.6 Å². The Morgan fingerprint density at radius 3 is 3.00 bits per heavy atom. The Kier molecular flexibility index (Phi) is 3.46. The quantitative estimate of drug-likeness (QED) is 0.637. The third-order valence-corrected chi connectivity index (χ3v) is 6.10. The van der Waals surface area contributed by atoms with E-state index in [1.165, 1.54) is 22.6 Å². The largest absolute Gasteiger partial charge is 0.433 e. The van der Waals surface area contributed by atoms with Gasteiger partial charge in [0.05, 0.1) is 17.4 Å². The van der Waals surface area contributed by atoms with E-state index < -0.39 is 11.1 Å². The van der Waals surface area contributed by atoms with Crippen LogP contribution in [0.5, 0.6) is 0 Å². The van der Waals surface area contributed by atoms with Gasteiger partial charge in [0.15, 0.2) is 0 Å². The second-order valence-electron chi connectivity index (χ2n) is 6.35. The normalized spacial score (nSPS) is 33.2. The predicted molar refractivity (Wildman–Crippen MR) is 84.3 cm³/mol. The molecule has 23 heavy (non-hydrogen) atoms. The summed E-state index contributed by atoms with van der Waals surface area (Å²) in [5.74, 6) is 0.548. The van der Waals surface area contributed by atoms with E-state index >= 15 is 0 Å². The van der Waals surface area contributed by atoms with Gasteiger partial charge in [0.25, 0.3) is 0 Å². The molecule has 1 fully saturated rings.